The van der Waals surface area contributed by atoms with E-state index in [1.807, 2.05) is 54.5 Å². The molecule has 1 aromatic carbocycles. The van der Waals surface area contributed by atoms with E-state index in [9.17, 15) is 0 Å². The molecule has 0 saturated carbocycles. The van der Waals surface area contributed by atoms with Gasteiger partial charge in [-0.25, -0.2) is 9.67 Å². The van der Waals surface area contributed by atoms with Crippen molar-refractivity contribution in [1.29, 1.82) is 0 Å². The minimum atomic E-state index is 0.701. The molecule has 0 unspecified atom stereocenters. The second-order valence-corrected chi connectivity index (χ2v) is 4.92. The van der Waals surface area contributed by atoms with E-state index in [2.05, 4.69) is 27.3 Å². The van der Waals surface area contributed by atoms with E-state index in [0.29, 0.717) is 6.54 Å². The van der Waals surface area contributed by atoms with Gasteiger partial charge in [0.05, 0.1) is 6.54 Å². The van der Waals surface area contributed by atoms with Crippen molar-refractivity contribution in [2.24, 2.45) is 7.05 Å². The molecule has 0 aliphatic heterocycles. The molecule has 0 bridgehead atoms. The SMILES string of the molecule is Cc1nc(-c2cc(C)n(C)n2)n(Cc2ccccc2)n1. The lowest BCUT2D eigenvalue weighted by molar-refractivity contribution is 0.680. The number of aromatic nitrogens is 5. The molecule has 102 valence electrons. The lowest BCUT2D eigenvalue weighted by Gasteiger charge is -2.04. The van der Waals surface area contributed by atoms with Crippen molar-refractivity contribution in [2.45, 2.75) is 20.4 Å². The number of hydrogen-bond acceptors (Lipinski definition) is 3. The minimum absolute atomic E-state index is 0.701. The van der Waals surface area contributed by atoms with Gasteiger partial charge in [-0.05, 0) is 25.5 Å². The Hall–Kier alpha value is -2.43. The molecule has 0 N–H and O–H groups in total. The van der Waals surface area contributed by atoms with Gasteiger partial charge in [0.2, 0.25) is 0 Å². The number of rotatable bonds is 3. The molecule has 0 fully saturated rings. The largest absolute Gasteiger partial charge is 0.272 e. The Bertz CT molecular complexity index is 705. The summed E-state index contributed by atoms with van der Waals surface area (Å²) >= 11 is 0. The highest BCUT2D eigenvalue weighted by Crippen LogP contribution is 2.18. The number of benzene rings is 1. The van der Waals surface area contributed by atoms with Crippen LogP contribution in [0.5, 0.6) is 0 Å². The molecular weight excluding hydrogens is 250 g/mol. The highest BCUT2D eigenvalue weighted by Gasteiger charge is 2.14. The Balaban J connectivity index is 2.00. The van der Waals surface area contributed by atoms with Gasteiger partial charge in [-0.2, -0.15) is 10.2 Å². The first-order valence-corrected chi connectivity index (χ1v) is 6.60. The van der Waals surface area contributed by atoms with Crippen LogP contribution in [-0.2, 0) is 13.6 Å². The first kappa shape index (κ1) is 12.6. The molecule has 5 nitrogen and oxygen atoms in total. The first-order chi connectivity index (χ1) is 9.63. The van der Waals surface area contributed by atoms with Gasteiger partial charge in [0, 0.05) is 12.7 Å². The summed E-state index contributed by atoms with van der Waals surface area (Å²) < 4.78 is 3.76. The van der Waals surface area contributed by atoms with Crippen LogP contribution >= 0.6 is 0 Å². The second-order valence-electron chi connectivity index (χ2n) is 4.92. The molecule has 0 atom stereocenters. The van der Waals surface area contributed by atoms with Gasteiger partial charge >= 0.3 is 0 Å². The molecule has 3 aromatic rings. The third-order valence-electron chi connectivity index (χ3n) is 3.30. The average molecular weight is 267 g/mol. The Labute approximate surface area is 117 Å². The predicted octanol–water partition coefficient (Wildman–Crippen LogP) is 2.34. The predicted molar refractivity (Wildman–Crippen MR) is 77.2 cm³/mol. The molecule has 0 amide bonds. The van der Waals surface area contributed by atoms with Gasteiger partial charge in [-0.1, -0.05) is 30.3 Å². The monoisotopic (exact) mass is 267 g/mol. The molecule has 0 aliphatic rings. The van der Waals surface area contributed by atoms with E-state index in [-0.39, 0.29) is 0 Å². The number of hydrogen-bond donors (Lipinski definition) is 0. The van der Waals surface area contributed by atoms with Crippen molar-refractivity contribution in [3.05, 3.63) is 53.5 Å². The van der Waals surface area contributed by atoms with E-state index >= 15 is 0 Å². The maximum Gasteiger partial charge on any atom is 0.179 e. The van der Waals surface area contributed by atoms with Crippen LogP contribution in [0.4, 0.5) is 0 Å². The summed E-state index contributed by atoms with van der Waals surface area (Å²) in [5.41, 5.74) is 3.17. The molecule has 5 heteroatoms. The quantitative estimate of drug-likeness (QED) is 0.732. The van der Waals surface area contributed by atoms with Gasteiger partial charge in [0.15, 0.2) is 5.82 Å². The van der Waals surface area contributed by atoms with E-state index in [4.69, 9.17) is 0 Å². The summed E-state index contributed by atoms with van der Waals surface area (Å²) in [6.07, 6.45) is 0. The number of aryl methyl sites for hydroxylation is 3. The summed E-state index contributed by atoms with van der Waals surface area (Å²) in [7, 11) is 1.93. The van der Waals surface area contributed by atoms with Crippen molar-refractivity contribution in [2.75, 3.05) is 0 Å². The highest BCUT2D eigenvalue weighted by atomic mass is 15.4. The van der Waals surface area contributed by atoms with Crippen LogP contribution in [0.1, 0.15) is 17.1 Å². The van der Waals surface area contributed by atoms with Crippen LogP contribution in [0.25, 0.3) is 11.5 Å². The summed E-state index contributed by atoms with van der Waals surface area (Å²) in [6.45, 7) is 4.63. The van der Waals surface area contributed by atoms with Crippen molar-refractivity contribution >= 4 is 0 Å². The van der Waals surface area contributed by atoms with Crippen LogP contribution in [0, 0.1) is 13.8 Å². The van der Waals surface area contributed by atoms with Crippen molar-refractivity contribution in [1.82, 2.24) is 24.5 Å². The van der Waals surface area contributed by atoms with Crippen molar-refractivity contribution < 1.29 is 0 Å². The molecule has 2 aromatic heterocycles. The van der Waals surface area contributed by atoms with Crippen LogP contribution < -0.4 is 0 Å². The zero-order valence-corrected chi connectivity index (χ0v) is 11.9. The summed E-state index contributed by atoms with van der Waals surface area (Å²) in [4.78, 5) is 4.51. The standard InChI is InChI=1S/C15H17N5/c1-11-9-14(18-19(11)3)15-16-12(2)17-20(15)10-13-7-5-4-6-8-13/h4-9H,10H2,1-3H3. The van der Waals surface area contributed by atoms with Gasteiger partial charge in [-0.3, -0.25) is 4.68 Å². The molecule has 0 saturated heterocycles. The number of nitrogens with zero attached hydrogens (tertiary/aromatic N) is 5. The van der Waals surface area contributed by atoms with Crippen LogP contribution in [0.2, 0.25) is 0 Å². The van der Waals surface area contributed by atoms with Gasteiger partial charge in [0.1, 0.15) is 11.5 Å². The fraction of sp³-hybridized carbons (Fsp3) is 0.267. The maximum atomic E-state index is 4.51. The van der Waals surface area contributed by atoms with Crippen LogP contribution in [0.15, 0.2) is 36.4 Å². The topological polar surface area (TPSA) is 48.5 Å². The molecule has 2 heterocycles. The zero-order chi connectivity index (χ0) is 14.1. The van der Waals surface area contributed by atoms with E-state index in [0.717, 1.165) is 23.0 Å². The first-order valence-electron chi connectivity index (χ1n) is 6.60. The minimum Gasteiger partial charge on any atom is -0.272 e. The lowest BCUT2D eigenvalue weighted by Crippen LogP contribution is -2.04. The molecular formula is C15H17N5. The van der Waals surface area contributed by atoms with Gasteiger partial charge in [-0.15, -0.1) is 0 Å². The summed E-state index contributed by atoms with van der Waals surface area (Å²) in [5.74, 6) is 1.58. The molecule has 0 aliphatic carbocycles. The molecule has 20 heavy (non-hydrogen) atoms. The van der Waals surface area contributed by atoms with Crippen LogP contribution in [-0.4, -0.2) is 24.5 Å². The third kappa shape index (κ3) is 2.34. The van der Waals surface area contributed by atoms with Gasteiger partial charge in [0.25, 0.3) is 0 Å². The van der Waals surface area contributed by atoms with E-state index < -0.39 is 0 Å². The second kappa shape index (κ2) is 4.92. The van der Waals surface area contributed by atoms with Crippen LogP contribution in [0.3, 0.4) is 0 Å². The highest BCUT2D eigenvalue weighted by molar-refractivity contribution is 5.50. The Kier molecular flexibility index (Phi) is 3.10. The molecule has 0 spiro atoms. The summed E-state index contributed by atoms with van der Waals surface area (Å²) in [5, 5.41) is 8.97. The maximum absolute atomic E-state index is 4.51. The lowest BCUT2D eigenvalue weighted by atomic mass is 10.2. The summed E-state index contributed by atoms with van der Waals surface area (Å²) in [6, 6.07) is 12.3. The molecule has 0 radical (unpaired) electrons. The van der Waals surface area contributed by atoms with Crippen molar-refractivity contribution in [3.63, 3.8) is 0 Å². The fourth-order valence-electron chi connectivity index (χ4n) is 2.18. The zero-order valence-electron chi connectivity index (χ0n) is 11.9. The Morgan fingerprint density at radius 1 is 1.05 bits per heavy atom. The van der Waals surface area contributed by atoms with E-state index in [1.54, 1.807) is 0 Å². The van der Waals surface area contributed by atoms with Gasteiger partial charge < -0.3 is 0 Å². The average Bonchev–Trinajstić information content (AvgIpc) is 2.95. The Morgan fingerprint density at radius 2 is 1.80 bits per heavy atom. The normalized spacial score (nSPS) is 10.9. The fourth-order valence-corrected chi connectivity index (χ4v) is 2.18. The van der Waals surface area contributed by atoms with E-state index in [1.165, 1.54) is 5.56 Å². The van der Waals surface area contributed by atoms with Crippen molar-refractivity contribution in [3.8, 4) is 11.5 Å². The molecule has 3 rings (SSSR count). The Morgan fingerprint density at radius 3 is 2.45 bits per heavy atom. The third-order valence-corrected chi connectivity index (χ3v) is 3.30. The smallest absolute Gasteiger partial charge is 0.179 e.